The zero-order chi connectivity index (χ0) is 29.5. The van der Waals surface area contributed by atoms with Crippen LogP contribution in [0.15, 0.2) is 140 Å². The van der Waals surface area contributed by atoms with Crippen molar-refractivity contribution in [1.29, 1.82) is 0 Å². The summed E-state index contributed by atoms with van der Waals surface area (Å²) in [6, 6.07) is 49.4. The van der Waals surface area contributed by atoms with Gasteiger partial charge in [-0.1, -0.05) is 115 Å². The highest BCUT2D eigenvalue weighted by molar-refractivity contribution is 7.30. The molecule has 0 amide bonds. The highest BCUT2D eigenvalue weighted by Crippen LogP contribution is 2.51. The molecule has 6 aromatic carbocycles. The van der Waals surface area contributed by atoms with Crippen LogP contribution in [0.2, 0.25) is 0 Å². The lowest BCUT2D eigenvalue weighted by Gasteiger charge is -2.12. The molecule has 0 aliphatic rings. The Kier molecular flexibility index (Phi) is 5.32. The highest BCUT2D eigenvalue weighted by atomic mass is 32.1. The van der Waals surface area contributed by atoms with E-state index >= 15 is 0 Å². The Morgan fingerprint density at radius 2 is 0.956 bits per heavy atom. The van der Waals surface area contributed by atoms with Gasteiger partial charge in [0.1, 0.15) is 0 Å². The first-order valence-electron chi connectivity index (χ1n) is 15.0. The van der Waals surface area contributed by atoms with Crippen molar-refractivity contribution in [3.05, 3.63) is 140 Å². The first-order chi connectivity index (χ1) is 22.3. The molecule has 5 heteroatoms. The zero-order valence-corrected chi connectivity index (χ0v) is 25.6. The maximum absolute atomic E-state index is 5.32. The summed E-state index contributed by atoms with van der Waals surface area (Å²) < 4.78 is 7.55. The predicted molar refractivity (Wildman–Crippen MR) is 193 cm³/mol. The lowest BCUT2D eigenvalue weighted by Crippen LogP contribution is -2.04. The highest BCUT2D eigenvalue weighted by Gasteiger charge is 2.25. The molecule has 4 aromatic heterocycles. The molecule has 0 atom stereocenters. The van der Waals surface area contributed by atoms with Gasteiger partial charge in [0.25, 0.3) is 0 Å². The molecule has 0 spiro atoms. The van der Waals surface area contributed by atoms with Crippen LogP contribution in [0.4, 0.5) is 0 Å². The molecule has 210 valence electrons. The van der Waals surface area contributed by atoms with Crippen LogP contribution in [-0.2, 0) is 0 Å². The second kappa shape index (κ2) is 9.57. The number of hydrogen-bond acceptors (Lipinski definition) is 4. The van der Waals surface area contributed by atoms with E-state index in [0.717, 1.165) is 28.0 Å². The van der Waals surface area contributed by atoms with Crippen LogP contribution in [0.3, 0.4) is 0 Å². The third-order valence-corrected chi connectivity index (χ3v) is 11.2. The molecule has 3 nitrogen and oxygen atoms in total. The Morgan fingerprint density at radius 1 is 0.444 bits per heavy atom. The van der Waals surface area contributed by atoms with E-state index in [4.69, 9.17) is 9.97 Å². The van der Waals surface area contributed by atoms with E-state index in [2.05, 4.69) is 132 Å². The van der Waals surface area contributed by atoms with Crippen molar-refractivity contribution < 1.29 is 0 Å². The molecule has 0 saturated heterocycles. The Labute approximate surface area is 266 Å². The second-order valence-electron chi connectivity index (χ2n) is 11.4. The summed E-state index contributed by atoms with van der Waals surface area (Å²) in [5, 5.41) is 7.73. The third-order valence-electron chi connectivity index (χ3n) is 8.81. The Morgan fingerprint density at radius 3 is 1.60 bits per heavy atom. The van der Waals surface area contributed by atoms with Crippen LogP contribution in [0.1, 0.15) is 0 Å². The van der Waals surface area contributed by atoms with E-state index in [0.29, 0.717) is 5.95 Å². The largest absolute Gasteiger partial charge is 0.276 e. The van der Waals surface area contributed by atoms with Crippen LogP contribution < -0.4 is 0 Å². The fourth-order valence-corrected chi connectivity index (χ4v) is 9.46. The average Bonchev–Trinajstić information content (AvgIpc) is 3.78. The number of thiophene rings is 2. The van der Waals surface area contributed by atoms with Gasteiger partial charge in [0.15, 0.2) is 0 Å². The number of hydrogen-bond donors (Lipinski definition) is 0. The molecule has 10 rings (SSSR count). The van der Waals surface area contributed by atoms with Crippen molar-refractivity contribution in [2.75, 3.05) is 0 Å². The van der Waals surface area contributed by atoms with Gasteiger partial charge in [-0.15, -0.1) is 22.7 Å². The minimum absolute atomic E-state index is 0.680. The maximum Gasteiger partial charge on any atom is 0.235 e. The predicted octanol–water partition coefficient (Wildman–Crippen LogP) is 11.6. The molecule has 0 radical (unpaired) electrons. The van der Waals surface area contributed by atoms with Crippen molar-refractivity contribution in [3.63, 3.8) is 0 Å². The van der Waals surface area contributed by atoms with Crippen LogP contribution in [-0.4, -0.2) is 14.5 Å². The van der Waals surface area contributed by atoms with E-state index in [1.165, 1.54) is 56.6 Å². The van der Waals surface area contributed by atoms with Crippen LogP contribution in [0, 0.1) is 0 Å². The summed E-state index contributed by atoms with van der Waals surface area (Å²) >= 11 is 3.78. The Hall–Kier alpha value is -5.36. The van der Waals surface area contributed by atoms with Gasteiger partial charge in [-0.3, -0.25) is 4.57 Å². The van der Waals surface area contributed by atoms with Crippen molar-refractivity contribution in [3.8, 4) is 28.5 Å². The summed E-state index contributed by atoms with van der Waals surface area (Å²) in [4.78, 5) is 10.6. The van der Waals surface area contributed by atoms with Gasteiger partial charge in [0.2, 0.25) is 5.95 Å². The van der Waals surface area contributed by atoms with Gasteiger partial charge in [-0.25, -0.2) is 9.97 Å². The summed E-state index contributed by atoms with van der Waals surface area (Å²) in [7, 11) is 0. The summed E-state index contributed by atoms with van der Waals surface area (Å²) in [6.45, 7) is 0. The van der Waals surface area contributed by atoms with Crippen molar-refractivity contribution in [2.45, 2.75) is 0 Å². The molecular formula is C40H23N3S2. The smallest absolute Gasteiger partial charge is 0.235 e. The molecule has 10 aromatic rings. The molecule has 0 unspecified atom stereocenters. The topological polar surface area (TPSA) is 30.7 Å². The van der Waals surface area contributed by atoms with Gasteiger partial charge in [0, 0.05) is 57.5 Å². The molecule has 0 N–H and O–H groups in total. The first kappa shape index (κ1) is 25.0. The number of benzene rings is 6. The molecule has 45 heavy (non-hydrogen) atoms. The van der Waals surface area contributed by atoms with E-state index in [1.807, 2.05) is 34.8 Å². The molecule has 4 heterocycles. The standard InChI is InChI=1S/C40H23N3S2/c1-3-13-24(14-4-1)29-23-30(25-15-5-2-6-16-25)42-40(41-29)43-31-20-10-7-17-26(31)34-35-27-18-8-11-21-32(27)44-38(35)36-28-19-9-12-22-33(28)45-39(36)37(34)43/h1-23H. The van der Waals surface area contributed by atoms with E-state index in [9.17, 15) is 0 Å². The monoisotopic (exact) mass is 609 g/mol. The Bertz CT molecular complexity index is 2700. The van der Waals surface area contributed by atoms with Gasteiger partial charge >= 0.3 is 0 Å². The molecule has 0 saturated carbocycles. The second-order valence-corrected chi connectivity index (χ2v) is 13.5. The Balaban J connectivity index is 1.45. The first-order valence-corrected chi connectivity index (χ1v) is 16.6. The normalized spacial score (nSPS) is 12.0. The maximum atomic E-state index is 5.32. The number of aromatic nitrogens is 3. The van der Waals surface area contributed by atoms with E-state index in [-0.39, 0.29) is 0 Å². The van der Waals surface area contributed by atoms with Gasteiger partial charge in [0.05, 0.1) is 27.1 Å². The minimum atomic E-state index is 0.680. The molecule has 0 aliphatic heterocycles. The van der Waals surface area contributed by atoms with Crippen molar-refractivity contribution in [1.82, 2.24) is 14.5 Å². The molecule has 0 aliphatic carbocycles. The SMILES string of the molecule is c1ccc(-c2cc(-c3ccccc3)nc(-n3c4ccccc4c4c5c6ccccc6sc5c5c6ccccc6sc5c43)n2)cc1. The number of para-hydroxylation sites is 1. The number of nitrogens with zero attached hydrogens (tertiary/aromatic N) is 3. The van der Waals surface area contributed by atoms with Crippen molar-refractivity contribution in [2.24, 2.45) is 0 Å². The van der Waals surface area contributed by atoms with Gasteiger partial charge in [-0.05, 0) is 24.3 Å². The fraction of sp³-hybridized carbons (Fsp3) is 0. The third kappa shape index (κ3) is 3.62. The number of rotatable bonds is 3. The number of fused-ring (bicyclic) bond motifs is 12. The van der Waals surface area contributed by atoms with Crippen LogP contribution in [0.5, 0.6) is 0 Å². The average molecular weight is 610 g/mol. The van der Waals surface area contributed by atoms with Crippen LogP contribution in [0.25, 0.3) is 90.6 Å². The summed E-state index contributed by atoms with van der Waals surface area (Å²) in [5.74, 6) is 0.680. The summed E-state index contributed by atoms with van der Waals surface area (Å²) in [5.41, 5.74) is 6.22. The lowest BCUT2D eigenvalue weighted by molar-refractivity contribution is 0.998. The lowest BCUT2D eigenvalue weighted by atomic mass is 10.0. The van der Waals surface area contributed by atoms with E-state index in [1.54, 1.807) is 0 Å². The quantitative estimate of drug-likeness (QED) is 0.199. The zero-order valence-electron chi connectivity index (χ0n) is 23.9. The van der Waals surface area contributed by atoms with Gasteiger partial charge < -0.3 is 0 Å². The van der Waals surface area contributed by atoms with Crippen LogP contribution >= 0.6 is 22.7 Å². The fourth-order valence-electron chi connectivity index (χ4n) is 6.87. The molecule has 0 bridgehead atoms. The molecule has 0 fully saturated rings. The van der Waals surface area contributed by atoms with Gasteiger partial charge in [-0.2, -0.15) is 0 Å². The molecular weight excluding hydrogens is 587 g/mol. The minimum Gasteiger partial charge on any atom is -0.276 e. The van der Waals surface area contributed by atoms with E-state index < -0.39 is 0 Å². The summed E-state index contributed by atoms with van der Waals surface area (Å²) in [6.07, 6.45) is 0. The van der Waals surface area contributed by atoms with Crippen molar-refractivity contribution >= 4 is 84.8 Å².